The van der Waals surface area contributed by atoms with E-state index in [1.54, 1.807) is 24.5 Å². The van der Waals surface area contributed by atoms with Crippen molar-refractivity contribution in [3.8, 4) is 0 Å². The Balaban J connectivity index is 0.000000223. The maximum atomic E-state index is 13.3. The molecule has 10 aliphatic rings. The van der Waals surface area contributed by atoms with Crippen molar-refractivity contribution in [1.82, 2.24) is 31.2 Å². The van der Waals surface area contributed by atoms with Crippen molar-refractivity contribution < 1.29 is 86.6 Å². The lowest BCUT2D eigenvalue weighted by Gasteiger charge is -2.55. The van der Waals surface area contributed by atoms with E-state index >= 15 is 0 Å². The number of unbranched alkanes of at least 4 members (excludes halogenated alkanes) is 4. The van der Waals surface area contributed by atoms with Crippen molar-refractivity contribution >= 4 is 118 Å². The van der Waals surface area contributed by atoms with Gasteiger partial charge in [0.25, 0.3) is 17.7 Å². The van der Waals surface area contributed by atoms with Crippen molar-refractivity contribution in [2.75, 3.05) is 191 Å². The van der Waals surface area contributed by atoms with Crippen molar-refractivity contribution in [3.05, 3.63) is 298 Å². The van der Waals surface area contributed by atoms with Crippen LogP contribution in [0.1, 0.15) is 185 Å². The molecule has 0 saturated carbocycles. The van der Waals surface area contributed by atoms with Crippen LogP contribution in [-0.4, -0.2) is 286 Å². The zero-order chi connectivity index (χ0) is 106. The summed E-state index contributed by atoms with van der Waals surface area (Å²) in [5.74, 6) is -2.58. The fourth-order valence-corrected chi connectivity index (χ4v) is 23.8. The standard InChI is InChI=1S/C59H73N9O7S.C58H72N8O6S/c1-58(2)47-14-8-10-16-50(47)65(5)52(58)27-22-44(23-28-53-59(3,4)48-15-9-11-17-51(48)66(53)31-13-39-76(73,74)75)49-26-21-45(40-62-49)57(72)61-30-12-6-7-18-55(70)63-41-56(71)64-46-24-19-43(20-25-46)29-32-67-33-36-68(37-34-67,38-35-67)42-54(60)69;1-57(2)47-15-9-11-17-50(47)63(5)52(57)28-23-44(24-29-53-58(3,4)48-16-10-12-18-51(48)64(53)32-14-40-73(70,71)72)49-27-22-45(41-60-49)56(69)59-31-13-7-8-19-54(67)61-42-55(68)62-46-25-20-43(21-26-46)30-33-66-37-34-65(6,35-38-66)36-39-66/h8-11,14-17,19-28,40H,6-7,12-13,18,29-39,41-42H2,1-5H3,(H3-3,60,61,63,64,69,70,71,72,73,74,75);9-12,15-18,20-29,41H,7-8,13-14,19,30-40,42H2,1-6H3,(H-3,59,61,62,67,68,69,70,71,72)/p+4. The topological polar surface area (TPSA) is 370 Å². The van der Waals surface area contributed by atoms with Gasteiger partial charge < -0.3 is 74.5 Å². The largest absolute Gasteiger partial charge is 0.748 e. The zero-order valence-corrected chi connectivity index (χ0v) is 90.0. The Morgan fingerprint density at radius 2 is 0.785 bits per heavy atom. The summed E-state index contributed by atoms with van der Waals surface area (Å²) in [5, 5.41) is 17.2. The molecule has 6 saturated heterocycles. The first-order chi connectivity index (χ1) is 70.9. The fraction of sp³-hybridized carbons (Fsp3) is 0.427. The molecular weight excluding hydrogens is 1920 g/mol. The predicted octanol–water partition coefficient (Wildman–Crippen LogP) is 13.3. The minimum absolute atomic E-state index is 0.0954. The highest BCUT2D eigenvalue weighted by Crippen LogP contribution is 2.50. The molecule has 12 heterocycles. The number of pyridine rings is 2. The van der Waals surface area contributed by atoms with Crippen LogP contribution in [0, 0.1) is 0 Å². The van der Waals surface area contributed by atoms with E-state index in [9.17, 15) is 59.5 Å². The fourth-order valence-electron chi connectivity index (χ4n) is 22.9. The number of quaternary nitrogens is 4. The third-order valence-corrected chi connectivity index (χ3v) is 33.8. The smallest absolute Gasteiger partial charge is 0.272 e. The number of nitrogens with zero attached hydrogens (tertiary/aromatic N) is 10. The zero-order valence-electron chi connectivity index (χ0n) is 88.4. The van der Waals surface area contributed by atoms with Gasteiger partial charge in [0, 0.05) is 167 Å². The van der Waals surface area contributed by atoms with Gasteiger partial charge in [-0.25, -0.2) is 16.8 Å². The van der Waals surface area contributed by atoms with Gasteiger partial charge in [0.15, 0.2) is 18.0 Å². The van der Waals surface area contributed by atoms with Crippen LogP contribution in [0.5, 0.6) is 0 Å². The molecule has 32 heteroatoms. The molecule has 30 nitrogen and oxygen atoms in total. The predicted molar refractivity (Wildman–Crippen MR) is 586 cm³/mol. The maximum absolute atomic E-state index is 13.3. The van der Waals surface area contributed by atoms with Gasteiger partial charge in [0.1, 0.15) is 92.6 Å². The Kier molecular flexibility index (Phi) is 34.7. The molecule has 0 atom stereocenters. The van der Waals surface area contributed by atoms with Crippen molar-refractivity contribution in [1.29, 1.82) is 0 Å². The summed E-state index contributed by atoms with van der Waals surface area (Å²) in [6.45, 7) is 35.2. The summed E-state index contributed by atoms with van der Waals surface area (Å²) < 4.78 is 78.4. The first kappa shape index (κ1) is 110. The normalized spacial score (nSPS) is 21.2. The number of hydrogen-bond acceptors (Lipinski definition) is 17. The van der Waals surface area contributed by atoms with E-state index in [0.717, 1.165) is 154 Å². The summed E-state index contributed by atoms with van der Waals surface area (Å²) in [6, 6.07) is 56.0. The SMILES string of the molecule is C[N+]1=C(C=CC(=CC=C2N(CCCS(=O)(=O)[O-])c3ccccc3C2(C)C)c2ccc(C(=O)NCCCCCC(=O)NCC(=O)Nc3ccc(CC[N+]45CC[N+](C)(CC4)CC5)cc3)cn2)C(C)(C)c2ccccc21.C[N+]1=C(C=CC(=CC=C2N(CCCS(=O)(=O)[O-])c3ccccc3C2(C)C)c2ccc(C(=O)NCCCCCC(=O)NCC(=O)Nc3ccc(CC[N+]45CC[N+](CC(N)=O)(CC4)CC5)cc3)cn2)C(C)(C)c2ccccc21. The third kappa shape index (κ3) is 27.2. The molecule has 7 amide bonds. The molecule has 788 valence electrons. The first-order valence-corrected chi connectivity index (χ1v) is 55.8. The van der Waals surface area contributed by atoms with E-state index in [1.165, 1.54) is 70.5 Å². The average Bonchev–Trinajstić information content (AvgIpc) is 1.53. The molecule has 0 aliphatic carbocycles. The number of anilines is 4. The minimum Gasteiger partial charge on any atom is -0.748 e. The Morgan fingerprint density at radius 1 is 0.423 bits per heavy atom. The van der Waals surface area contributed by atoms with Gasteiger partial charge in [-0.1, -0.05) is 150 Å². The number of para-hydroxylation sites is 4. The number of rotatable bonds is 44. The quantitative estimate of drug-likeness (QED) is 0.00613. The lowest BCUT2D eigenvalue weighted by molar-refractivity contribution is -1.08. The number of amides is 7. The molecule has 8 N–H and O–H groups in total. The van der Waals surface area contributed by atoms with Gasteiger partial charge >= 0.3 is 0 Å². The number of primary amides is 1. The molecule has 0 radical (unpaired) electrons. The number of fused-ring (bicyclic) bond motifs is 10. The number of piperazine rings is 6. The van der Waals surface area contributed by atoms with E-state index in [-0.39, 0.29) is 91.0 Å². The van der Waals surface area contributed by atoms with Crippen LogP contribution in [0.25, 0.3) is 11.1 Å². The van der Waals surface area contributed by atoms with E-state index in [4.69, 9.17) is 15.7 Å². The summed E-state index contributed by atoms with van der Waals surface area (Å²) in [6.07, 6.45) is 26.5. The van der Waals surface area contributed by atoms with Crippen LogP contribution in [0.2, 0.25) is 0 Å². The van der Waals surface area contributed by atoms with E-state index in [0.29, 0.717) is 93.0 Å². The third-order valence-electron chi connectivity index (χ3n) is 32.2. The van der Waals surface area contributed by atoms with Crippen LogP contribution in [0.15, 0.2) is 242 Å². The number of nitrogens with one attached hydrogen (secondary N) is 6. The van der Waals surface area contributed by atoms with Gasteiger partial charge in [0.05, 0.1) is 86.8 Å². The number of aromatic nitrogens is 2. The highest BCUT2D eigenvalue weighted by molar-refractivity contribution is 7.85. The summed E-state index contributed by atoms with van der Waals surface area (Å²) in [4.78, 5) is 102. The monoisotopic (exact) mass is 2060 g/mol. The molecular formula is C117H149N17O13S2+4. The number of carbonyl (C=O) groups is 7. The second kappa shape index (κ2) is 47.0. The van der Waals surface area contributed by atoms with Gasteiger partial charge in [-0.15, -0.1) is 0 Å². The second-order valence-corrected chi connectivity index (χ2v) is 47.0. The highest BCUT2D eigenvalue weighted by atomic mass is 32.2. The van der Waals surface area contributed by atoms with Crippen molar-refractivity contribution in [2.24, 2.45) is 5.73 Å². The highest BCUT2D eigenvalue weighted by Gasteiger charge is 2.51. The van der Waals surface area contributed by atoms with Crippen LogP contribution >= 0.6 is 0 Å². The lowest BCUT2D eigenvalue weighted by Crippen LogP contribution is -2.76. The Labute approximate surface area is 879 Å². The maximum Gasteiger partial charge on any atom is 0.272 e. The number of allylic oxidation sites excluding steroid dienone is 12. The van der Waals surface area contributed by atoms with Crippen LogP contribution in [0.3, 0.4) is 0 Å². The molecule has 0 unspecified atom stereocenters. The summed E-state index contributed by atoms with van der Waals surface area (Å²) in [5.41, 5.74) is 24.7. The molecule has 4 bridgehead atoms. The minimum atomic E-state index is -4.38. The van der Waals surface area contributed by atoms with Crippen LogP contribution in [0.4, 0.5) is 34.1 Å². The molecule has 6 aromatic carbocycles. The Hall–Kier alpha value is -13.1. The van der Waals surface area contributed by atoms with Crippen molar-refractivity contribution in [2.45, 2.75) is 154 Å². The van der Waals surface area contributed by atoms with Gasteiger partial charge in [-0.05, 0) is 173 Å². The summed E-state index contributed by atoms with van der Waals surface area (Å²) >= 11 is 0. The van der Waals surface area contributed by atoms with Crippen molar-refractivity contribution in [3.63, 3.8) is 0 Å². The Bertz CT molecular complexity index is 6770. The molecule has 0 spiro atoms. The van der Waals surface area contributed by atoms with E-state index < -0.39 is 42.6 Å². The average molecular weight is 2070 g/mol. The van der Waals surface area contributed by atoms with Crippen LogP contribution < -0.4 is 47.4 Å². The first-order valence-electron chi connectivity index (χ1n) is 52.6. The molecule has 6 fully saturated rings. The van der Waals surface area contributed by atoms with Gasteiger partial charge in [-0.3, -0.25) is 43.5 Å². The molecule has 2 aromatic heterocycles. The van der Waals surface area contributed by atoms with Gasteiger partial charge in [0.2, 0.25) is 35.0 Å². The number of benzene rings is 6. The van der Waals surface area contributed by atoms with E-state index in [2.05, 4.69) is 212 Å². The Morgan fingerprint density at radius 3 is 1.15 bits per heavy atom. The number of nitrogens with two attached hydrogens (primary N) is 1. The van der Waals surface area contributed by atoms with E-state index in [1.807, 2.05) is 121 Å². The van der Waals surface area contributed by atoms with Crippen LogP contribution in [-0.2, 0) is 78.7 Å². The number of carbonyl (C=O) groups excluding carboxylic acids is 7. The summed E-state index contributed by atoms with van der Waals surface area (Å²) in [7, 11) is -2.23. The molecule has 8 aromatic rings. The molecule has 10 aliphatic heterocycles. The molecule has 149 heavy (non-hydrogen) atoms. The molecule has 18 rings (SSSR count). The second-order valence-electron chi connectivity index (χ2n) is 43.9. The number of likely N-dealkylation sites (N-methyl/N-ethyl adjacent to an activating group) is 1. The lowest BCUT2D eigenvalue weighted by atomic mass is 9.81. The number of hydrogen-bond donors (Lipinski definition) is 7. The van der Waals surface area contributed by atoms with Gasteiger partial charge in [-0.2, -0.15) is 9.15 Å².